The van der Waals surface area contributed by atoms with E-state index in [9.17, 15) is 9.65 Å². The summed E-state index contributed by atoms with van der Waals surface area (Å²) in [4.78, 5) is 18.8. The molecule has 2 N–H and O–H groups in total. The maximum Gasteiger partial charge on any atom is 0.167 e. The van der Waals surface area contributed by atoms with Gasteiger partial charge in [0.2, 0.25) is 0 Å². The van der Waals surface area contributed by atoms with Crippen LogP contribution in [0, 0.1) is 17.1 Å². The van der Waals surface area contributed by atoms with E-state index in [1.807, 2.05) is 29.9 Å². The zero-order valence-electron chi connectivity index (χ0n) is 19.4. The Morgan fingerprint density at radius 1 is 1.17 bits per heavy atom. The van der Waals surface area contributed by atoms with Crippen molar-refractivity contribution in [3.63, 3.8) is 0 Å². The van der Waals surface area contributed by atoms with E-state index >= 15 is 0 Å². The normalized spacial score (nSPS) is 17.6. The number of fused-ring (bicyclic) bond motifs is 2. The van der Waals surface area contributed by atoms with Gasteiger partial charge >= 0.3 is 0 Å². The van der Waals surface area contributed by atoms with Crippen LogP contribution in [0.25, 0.3) is 28.2 Å². The van der Waals surface area contributed by atoms with E-state index in [2.05, 4.69) is 15.9 Å². The molecule has 1 aromatic carbocycles. The molecule has 9 heteroatoms. The molecule has 8 nitrogen and oxygen atoms in total. The summed E-state index contributed by atoms with van der Waals surface area (Å²) in [5.74, 6) is 0.949. The predicted octanol–water partition coefficient (Wildman–Crippen LogP) is 3.41. The number of benzene rings is 1. The standard InChI is InChI=1S/C26H25FN8/c1-33-10-7-17-11-20(14-31-24(17)33)35-25(16-4-5-18(13-28)21(27)12-16)32-23-22(6-8-30-26(23)35)34-9-2-3-19(29)15-34/h4-6,8,11-12,14,19H,2-3,7,9-10,15,29H2,1H3/t19-/m1/s1. The SMILES string of the molecule is CN1CCc2cc(-n3c(-c4ccc(C#N)c(F)c4)nc4c(N5CCC[C@@H](N)C5)ccnc43)cnc21. The summed E-state index contributed by atoms with van der Waals surface area (Å²) in [6.45, 7) is 2.56. The monoisotopic (exact) mass is 468 g/mol. The second kappa shape index (κ2) is 8.32. The Kier molecular flexibility index (Phi) is 5.11. The predicted molar refractivity (Wildman–Crippen MR) is 133 cm³/mol. The topological polar surface area (TPSA) is 99.9 Å². The summed E-state index contributed by atoms with van der Waals surface area (Å²) < 4.78 is 16.6. The molecular formula is C26H25FN8. The fourth-order valence-corrected chi connectivity index (χ4v) is 5.16. The van der Waals surface area contributed by atoms with Gasteiger partial charge < -0.3 is 15.5 Å². The molecule has 1 atom stereocenters. The smallest absolute Gasteiger partial charge is 0.167 e. The van der Waals surface area contributed by atoms with Gasteiger partial charge in [-0.15, -0.1) is 0 Å². The Balaban J connectivity index is 1.59. The fourth-order valence-electron chi connectivity index (χ4n) is 5.16. The molecule has 176 valence electrons. The quantitative estimate of drug-likeness (QED) is 0.492. The lowest BCUT2D eigenvalue weighted by atomic mass is 10.1. The van der Waals surface area contributed by atoms with Crippen LogP contribution in [0.4, 0.5) is 15.9 Å². The summed E-state index contributed by atoms with van der Waals surface area (Å²) in [7, 11) is 2.03. The molecule has 0 bridgehead atoms. The number of rotatable bonds is 3. The highest BCUT2D eigenvalue weighted by atomic mass is 19.1. The summed E-state index contributed by atoms with van der Waals surface area (Å²) in [5.41, 5.74) is 11.2. The van der Waals surface area contributed by atoms with Crippen LogP contribution in [0.1, 0.15) is 24.0 Å². The minimum atomic E-state index is -0.576. The number of aromatic nitrogens is 4. The lowest BCUT2D eigenvalue weighted by molar-refractivity contribution is 0.507. The Hall–Kier alpha value is -4.03. The zero-order chi connectivity index (χ0) is 24.1. The van der Waals surface area contributed by atoms with Crippen LogP contribution in [0.15, 0.2) is 42.7 Å². The molecule has 0 spiro atoms. The molecule has 3 aromatic heterocycles. The van der Waals surface area contributed by atoms with Gasteiger partial charge in [0.05, 0.1) is 23.1 Å². The molecular weight excluding hydrogens is 443 g/mol. The first-order valence-corrected chi connectivity index (χ1v) is 11.8. The third-order valence-corrected chi connectivity index (χ3v) is 6.94. The number of nitrogens with two attached hydrogens (primary N) is 1. The number of imidazole rings is 1. The largest absolute Gasteiger partial charge is 0.368 e. The number of hydrogen-bond donors (Lipinski definition) is 1. The Labute approximate surface area is 202 Å². The van der Waals surface area contributed by atoms with Crippen molar-refractivity contribution >= 4 is 22.7 Å². The van der Waals surface area contributed by atoms with Gasteiger partial charge in [-0.25, -0.2) is 19.3 Å². The van der Waals surface area contributed by atoms with Gasteiger partial charge in [-0.05, 0) is 55.2 Å². The summed E-state index contributed by atoms with van der Waals surface area (Å²) in [6, 6.07) is 10.7. The van der Waals surface area contributed by atoms with Crippen LogP contribution in [-0.2, 0) is 6.42 Å². The lowest BCUT2D eigenvalue weighted by Crippen LogP contribution is -2.42. The van der Waals surface area contributed by atoms with Crippen LogP contribution in [0.2, 0.25) is 0 Å². The van der Waals surface area contributed by atoms with Crippen molar-refractivity contribution in [2.45, 2.75) is 25.3 Å². The molecule has 0 amide bonds. The van der Waals surface area contributed by atoms with Crippen molar-refractivity contribution < 1.29 is 4.39 Å². The highest BCUT2D eigenvalue weighted by Gasteiger charge is 2.25. The van der Waals surface area contributed by atoms with Gasteiger partial charge in [0.1, 0.15) is 29.0 Å². The molecule has 2 aliphatic rings. The highest BCUT2D eigenvalue weighted by molar-refractivity contribution is 5.90. The number of anilines is 2. The minimum absolute atomic E-state index is 0.000218. The van der Waals surface area contributed by atoms with Crippen molar-refractivity contribution in [1.82, 2.24) is 19.5 Å². The number of hydrogen-bond acceptors (Lipinski definition) is 7. The van der Waals surface area contributed by atoms with Gasteiger partial charge in [0, 0.05) is 44.5 Å². The third kappa shape index (κ3) is 3.58. The first-order valence-electron chi connectivity index (χ1n) is 11.8. The van der Waals surface area contributed by atoms with Crippen LogP contribution < -0.4 is 15.5 Å². The second-order valence-electron chi connectivity index (χ2n) is 9.28. The van der Waals surface area contributed by atoms with E-state index < -0.39 is 5.82 Å². The van der Waals surface area contributed by atoms with E-state index in [1.54, 1.807) is 12.3 Å². The van der Waals surface area contributed by atoms with Gasteiger partial charge in [-0.3, -0.25) is 4.57 Å². The van der Waals surface area contributed by atoms with E-state index in [1.165, 1.54) is 12.1 Å². The first-order chi connectivity index (χ1) is 17.0. The molecule has 1 fully saturated rings. The minimum Gasteiger partial charge on any atom is -0.368 e. The summed E-state index contributed by atoms with van der Waals surface area (Å²) >= 11 is 0. The first kappa shape index (κ1) is 21.5. The van der Waals surface area contributed by atoms with Crippen LogP contribution in [0.5, 0.6) is 0 Å². The van der Waals surface area contributed by atoms with Crippen molar-refractivity contribution in [2.75, 3.05) is 36.5 Å². The molecule has 0 radical (unpaired) electrons. The van der Waals surface area contributed by atoms with Crippen molar-refractivity contribution in [2.24, 2.45) is 5.73 Å². The number of nitrogens with zero attached hydrogens (tertiary/aromatic N) is 7. The lowest BCUT2D eigenvalue weighted by Gasteiger charge is -2.32. The maximum atomic E-state index is 14.6. The van der Waals surface area contributed by atoms with E-state index in [4.69, 9.17) is 20.7 Å². The van der Waals surface area contributed by atoms with Gasteiger partial charge in [-0.1, -0.05) is 0 Å². The molecule has 2 aliphatic heterocycles. The van der Waals surface area contributed by atoms with Crippen molar-refractivity contribution in [3.8, 4) is 23.1 Å². The Bertz CT molecular complexity index is 1490. The molecule has 5 heterocycles. The molecule has 0 aliphatic carbocycles. The highest BCUT2D eigenvalue weighted by Crippen LogP contribution is 2.35. The molecule has 0 unspecified atom stereocenters. The van der Waals surface area contributed by atoms with Gasteiger partial charge in [-0.2, -0.15) is 5.26 Å². The van der Waals surface area contributed by atoms with Crippen LogP contribution in [-0.4, -0.2) is 52.2 Å². The number of likely N-dealkylation sites (N-methyl/N-ethyl adjacent to an activating group) is 1. The molecule has 1 saturated heterocycles. The van der Waals surface area contributed by atoms with Crippen molar-refractivity contribution in [1.29, 1.82) is 5.26 Å². The summed E-state index contributed by atoms with van der Waals surface area (Å²) in [5, 5.41) is 9.19. The maximum absolute atomic E-state index is 14.6. The fraction of sp³-hybridized carbons (Fsp3) is 0.308. The average Bonchev–Trinajstić information content (AvgIpc) is 3.44. The number of halogens is 1. The Morgan fingerprint density at radius 2 is 2.06 bits per heavy atom. The van der Waals surface area contributed by atoms with E-state index in [-0.39, 0.29) is 11.6 Å². The van der Waals surface area contributed by atoms with E-state index in [0.717, 1.165) is 67.2 Å². The molecule has 0 saturated carbocycles. The number of nitriles is 1. The Morgan fingerprint density at radius 3 is 2.86 bits per heavy atom. The molecule has 35 heavy (non-hydrogen) atoms. The van der Waals surface area contributed by atoms with Crippen molar-refractivity contribution in [3.05, 3.63) is 59.7 Å². The van der Waals surface area contributed by atoms with Gasteiger partial charge in [0.25, 0.3) is 0 Å². The van der Waals surface area contributed by atoms with Crippen LogP contribution >= 0.6 is 0 Å². The number of piperidine rings is 1. The van der Waals surface area contributed by atoms with Crippen LogP contribution in [0.3, 0.4) is 0 Å². The average molecular weight is 469 g/mol. The van der Waals surface area contributed by atoms with Gasteiger partial charge in [0.15, 0.2) is 5.65 Å². The molecule has 4 aromatic rings. The molecule has 6 rings (SSSR count). The zero-order valence-corrected chi connectivity index (χ0v) is 19.4. The second-order valence-corrected chi connectivity index (χ2v) is 9.28. The number of pyridine rings is 2. The van der Waals surface area contributed by atoms with E-state index in [0.29, 0.717) is 17.0 Å². The summed E-state index contributed by atoms with van der Waals surface area (Å²) in [6.07, 6.45) is 6.53. The third-order valence-electron chi connectivity index (χ3n) is 6.94.